The Hall–Kier alpha value is -3.82. The highest BCUT2D eigenvalue weighted by Crippen LogP contribution is 2.26. The maximum absolute atomic E-state index is 14.0. The number of anilines is 1. The third-order valence-corrected chi connectivity index (χ3v) is 4.85. The fourth-order valence-corrected chi connectivity index (χ4v) is 3.38. The van der Waals surface area contributed by atoms with E-state index in [1.165, 1.54) is 23.1 Å². The first kappa shape index (κ1) is 21.4. The Balaban J connectivity index is 1.64. The highest BCUT2D eigenvalue weighted by atomic mass is 19.1. The maximum Gasteiger partial charge on any atom is 0.274 e. The number of alkyl halides is 1. The fourth-order valence-electron chi connectivity index (χ4n) is 3.38. The number of fused-ring (bicyclic) bond motifs is 1. The van der Waals surface area contributed by atoms with Gasteiger partial charge in [-0.05, 0) is 37.6 Å². The summed E-state index contributed by atoms with van der Waals surface area (Å²) in [6, 6.07) is 5.28. The molecule has 0 atom stereocenters. The van der Waals surface area contributed by atoms with Crippen molar-refractivity contribution in [1.82, 2.24) is 19.2 Å². The minimum Gasteiger partial charge on any atom is -0.485 e. The van der Waals surface area contributed by atoms with Gasteiger partial charge in [-0.1, -0.05) is 6.07 Å². The first-order valence-electron chi connectivity index (χ1n) is 9.82. The number of amides is 1. The van der Waals surface area contributed by atoms with Crippen LogP contribution in [0.4, 0.5) is 18.9 Å². The SMILES string of the molecule is Cc1cc(OCc2c(F)cccc2F)c2nc(C)c(C(=O)Nc3cnn(CCF)c3)n2c1. The summed E-state index contributed by atoms with van der Waals surface area (Å²) in [5.41, 5.74) is 2.01. The van der Waals surface area contributed by atoms with Crippen LogP contribution >= 0.6 is 0 Å². The lowest BCUT2D eigenvalue weighted by Crippen LogP contribution is -2.15. The first-order chi connectivity index (χ1) is 15.4. The van der Waals surface area contributed by atoms with E-state index in [9.17, 15) is 18.0 Å². The Morgan fingerprint density at radius 1 is 1.19 bits per heavy atom. The number of pyridine rings is 1. The Morgan fingerprint density at radius 2 is 1.94 bits per heavy atom. The number of nitrogens with one attached hydrogen (secondary N) is 1. The monoisotopic (exact) mass is 443 g/mol. The molecule has 3 aromatic heterocycles. The minimum absolute atomic E-state index is 0.0903. The predicted molar refractivity (Wildman–Crippen MR) is 112 cm³/mol. The Kier molecular flexibility index (Phi) is 5.85. The summed E-state index contributed by atoms with van der Waals surface area (Å²) in [6.45, 7) is 2.66. The summed E-state index contributed by atoms with van der Waals surface area (Å²) in [4.78, 5) is 17.4. The molecule has 0 aliphatic carbocycles. The molecular weight excluding hydrogens is 423 g/mol. The summed E-state index contributed by atoms with van der Waals surface area (Å²) in [7, 11) is 0. The van der Waals surface area contributed by atoms with Gasteiger partial charge in [0.05, 0.1) is 29.7 Å². The van der Waals surface area contributed by atoms with Gasteiger partial charge in [0.1, 0.15) is 30.6 Å². The van der Waals surface area contributed by atoms with Gasteiger partial charge in [-0.15, -0.1) is 0 Å². The molecule has 0 radical (unpaired) electrons. The number of aryl methyl sites for hydroxylation is 3. The van der Waals surface area contributed by atoms with Crippen molar-refractivity contribution in [3.05, 3.63) is 77.0 Å². The summed E-state index contributed by atoms with van der Waals surface area (Å²) in [5.74, 6) is -1.57. The smallest absolute Gasteiger partial charge is 0.274 e. The van der Waals surface area contributed by atoms with Crippen LogP contribution in [0.2, 0.25) is 0 Å². The molecule has 1 N–H and O–H groups in total. The van der Waals surface area contributed by atoms with E-state index in [2.05, 4.69) is 15.4 Å². The summed E-state index contributed by atoms with van der Waals surface area (Å²) < 4.78 is 49.0. The second-order valence-electron chi connectivity index (χ2n) is 7.25. The molecule has 4 rings (SSSR count). The lowest BCUT2D eigenvalue weighted by Gasteiger charge is -2.11. The van der Waals surface area contributed by atoms with Gasteiger partial charge >= 0.3 is 0 Å². The topological polar surface area (TPSA) is 73.4 Å². The Morgan fingerprint density at radius 3 is 2.66 bits per heavy atom. The van der Waals surface area contributed by atoms with Crippen LogP contribution in [0.3, 0.4) is 0 Å². The summed E-state index contributed by atoms with van der Waals surface area (Å²) >= 11 is 0. The van der Waals surface area contributed by atoms with Gasteiger partial charge in [-0.25, -0.2) is 18.2 Å². The van der Waals surface area contributed by atoms with Crippen LogP contribution in [0, 0.1) is 25.5 Å². The number of ether oxygens (including phenoxy) is 1. The zero-order valence-corrected chi connectivity index (χ0v) is 17.4. The van der Waals surface area contributed by atoms with Crippen LogP contribution < -0.4 is 10.1 Å². The molecule has 0 fully saturated rings. The summed E-state index contributed by atoms with van der Waals surface area (Å²) in [6.07, 6.45) is 4.67. The number of carbonyl (C=O) groups excluding carboxylic acids is 1. The molecule has 0 saturated carbocycles. The second-order valence-corrected chi connectivity index (χ2v) is 7.25. The van der Waals surface area contributed by atoms with E-state index < -0.39 is 24.2 Å². The molecule has 0 saturated heterocycles. The molecule has 0 aliphatic heterocycles. The lowest BCUT2D eigenvalue weighted by atomic mass is 10.2. The standard InChI is InChI=1S/C22H20F3N5O2/c1-13-8-19(32-12-16-17(24)4-3-5-18(16)25)21-27-14(2)20(30(21)10-13)22(31)28-15-9-26-29(11-15)7-6-23/h3-5,8-11H,6-7,12H2,1-2H3,(H,28,31). The van der Waals surface area contributed by atoms with E-state index in [4.69, 9.17) is 4.74 Å². The average Bonchev–Trinajstić information content (AvgIpc) is 3.31. The van der Waals surface area contributed by atoms with Crippen molar-refractivity contribution in [3.8, 4) is 5.75 Å². The minimum atomic E-state index is -0.707. The highest BCUT2D eigenvalue weighted by molar-refractivity contribution is 6.04. The van der Waals surface area contributed by atoms with Crippen molar-refractivity contribution in [3.63, 3.8) is 0 Å². The van der Waals surface area contributed by atoms with Crippen LogP contribution in [-0.2, 0) is 13.2 Å². The van der Waals surface area contributed by atoms with Crippen LogP contribution in [0.5, 0.6) is 5.75 Å². The number of nitrogens with zero attached hydrogens (tertiary/aromatic N) is 4. The van der Waals surface area contributed by atoms with Crippen molar-refractivity contribution in [1.29, 1.82) is 0 Å². The lowest BCUT2D eigenvalue weighted by molar-refractivity contribution is 0.102. The fraction of sp³-hybridized carbons (Fsp3) is 0.227. The third-order valence-electron chi connectivity index (χ3n) is 4.85. The van der Waals surface area contributed by atoms with E-state index in [1.807, 2.05) is 0 Å². The van der Waals surface area contributed by atoms with Gasteiger partial charge in [-0.2, -0.15) is 5.10 Å². The molecule has 1 aromatic carbocycles. The molecular formula is C22H20F3N5O2. The van der Waals surface area contributed by atoms with Gasteiger partial charge in [0.15, 0.2) is 11.4 Å². The number of hydrogen-bond donors (Lipinski definition) is 1. The van der Waals surface area contributed by atoms with Crippen molar-refractivity contribution < 1.29 is 22.7 Å². The van der Waals surface area contributed by atoms with Crippen molar-refractivity contribution in [2.75, 3.05) is 12.0 Å². The number of carbonyl (C=O) groups is 1. The largest absolute Gasteiger partial charge is 0.485 e. The molecule has 0 bridgehead atoms. The molecule has 0 aliphatic rings. The average molecular weight is 443 g/mol. The molecule has 7 nitrogen and oxygen atoms in total. The number of rotatable bonds is 7. The van der Waals surface area contributed by atoms with Crippen LogP contribution in [-0.4, -0.2) is 31.7 Å². The van der Waals surface area contributed by atoms with Crippen molar-refractivity contribution >= 4 is 17.2 Å². The second kappa shape index (κ2) is 8.74. The number of imidazole rings is 1. The Labute approximate surface area is 181 Å². The van der Waals surface area contributed by atoms with Gasteiger partial charge in [0.2, 0.25) is 0 Å². The van der Waals surface area contributed by atoms with E-state index in [-0.39, 0.29) is 30.2 Å². The highest BCUT2D eigenvalue weighted by Gasteiger charge is 2.21. The molecule has 4 aromatic rings. The molecule has 0 spiro atoms. The van der Waals surface area contributed by atoms with Crippen LogP contribution in [0.1, 0.15) is 27.3 Å². The van der Waals surface area contributed by atoms with Crippen molar-refractivity contribution in [2.24, 2.45) is 0 Å². The predicted octanol–water partition coefficient (Wildman–Crippen LogP) is 4.23. The normalized spacial score (nSPS) is 11.2. The molecule has 1 amide bonds. The van der Waals surface area contributed by atoms with Gasteiger partial charge < -0.3 is 10.1 Å². The number of halogens is 3. The van der Waals surface area contributed by atoms with Gasteiger partial charge in [0, 0.05) is 12.4 Å². The van der Waals surface area contributed by atoms with E-state index in [1.54, 1.807) is 30.5 Å². The molecule has 10 heteroatoms. The maximum atomic E-state index is 14.0. The van der Waals surface area contributed by atoms with Gasteiger partial charge in [0.25, 0.3) is 5.91 Å². The van der Waals surface area contributed by atoms with Crippen molar-refractivity contribution in [2.45, 2.75) is 27.0 Å². The molecule has 3 heterocycles. The van der Waals surface area contributed by atoms with Gasteiger partial charge in [-0.3, -0.25) is 13.9 Å². The number of hydrogen-bond acceptors (Lipinski definition) is 4. The number of benzene rings is 1. The zero-order valence-electron chi connectivity index (χ0n) is 17.4. The Bertz CT molecular complexity index is 1280. The summed E-state index contributed by atoms with van der Waals surface area (Å²) in [5, 5.41) is 6.70. The van der Waals surface area contributed by atoms with Crippen LogP contribution in [0.15, 0.2) is 42.9 Å². The quantitative estimate of drug-likeness (QED) is 0.464. The third kappa shape index (κ3) is 4.16. The van der Waals surface area contributed by atoms with Crippen LogP contribution in [0.25, 0.3) is 5.65 Å². The van der Waals surface area contributed by atoms with E-state index in [0.717, 1.165) is 17.7 Å². The number of aromatic nitrogens is 4. The van der Waals surface area contributed by atoms with E-state index >= 15 is 0 Å². The molecule has 0 unspecified atom stereocenters. The zero-order chi connectivity index (χ0) is 22.8. The first-order valence-corrected chi connectivity index (χ1v) is 9.82. The molecule has 166 valence electrons. The van der Waals surface area contributed by atoms with E-state index in [0.29, 0.717) is 17.0 Å². The molecule has 32 heavy (non-hydrogen) atoms.